The fourth-order valence-corrected chi connectivity index (χ4v) is 4.62. The fraction of sp³-hybridized carbons (Fsp3) is 0.320. The lowest BCUT2D eigenvalue weighted by Crippen LogP contribution is -2.44. The van der Waals surface area contributed by atoms with Gasteiger partial charge in [-0.15, -0.1) is 16.4 Å². The zero-order valence-electron chi connectivity index (χ0n) is 17.4. The van der Waals surface area contributed by atoms with E-state index in [1.54, 1.807) is 17.2 Å². The number of hydroxylamine groups is 2. The summed E-state index contributed by atoms with van der Waals surface area (Å²) in [4.78, 5) is 20.0. The van der Waals surface area contributed by atoms with Crippen LogP contribution < -0.4 is 10.2 Å². The Bertz CT molecular complexity index is 975. The maximum absolute atomic E-state index is 13.1. The summed E-state index contributed by atoms with van der Waals surface area (Å²) in [6.07, 6.45) is 4.88. The molecule has 6 heteroatoms. The highest BCUT2D eigenvalue weighted by atomic mass is 32.1. The Morgan fingerprint density at radius 2 is 1.94 bits per heavy atom. The number of hydrogen-bond acceptors (Lipinski definition) is 4. The summed E-state index contributed by atoms with van der Waals surface area (Å²) in [6, 6.07) is 18.2. The molecule has 1 saturated heterocycles. The highest BCUT2D eigenvalue weighted by Crippen LogP contribution is 2.22. The number of hydrogen-bond donors (Lipinski definition) is 1. The van der Waals surface area contributed by atoms with Crippen molar-refractivity contribution in [2.75, 3.05) is 6.54 Å². The number of thiophene rings is 1. The Morgan fingerprint density at radius 3 is 2.74 bits per heavy atom. The minimum absolute atomic E-state index is 0.0392. The van der Waals surface area contributed by atoms with Gasteiger partial charge in [-0.3, -0.25) is 4.79 Å². The van der Waals surface area contributed by atoms with Crippen molar-refractivity contribution in [2.24, 2.45) is 0 Å². The second-order valence-corrected chi connectivity index (χ2v) is 8.85. The molecule has 3 aromatic rings. The Morgan fingerprint density at radius 1 is 1.10 bits per heavy atom. The van der Waals surface area contributed by atoms with Gasteiger partial charge in [-0.2, -0.15) is 0 Å². The first kappa shape index (κ1) is 21.5. The van der Waals surface area contributed by atoms with Gasteiger partial charge in [-0.1, -0.05) is 30.3 Å². The van der Waals surface area contributed by atoms with E-state index in [9.17, 15) is 9.18 Å². The minimum Gasteiger partial charge on any atom is -0.405 e. The summed E-state index contributed by atoms with van der Waals surface area (Å²) < 4.78 is 13.1. The molecule has 2 aromatic carbocycles. The zero-order valence-corrected chi connectivity index (χ0v) is 18.2. The van der Waals surface area contributed by atoms with E-state index in [-0.39, 0.29) is 17.8 Å². The number of benzene rings is 2. The Kier molecular flexibility index (Phi) is 7.33. The molecule has 0 unspecified atom stereocenters. The summed E-state index contributed by atoms with van der Waals surface area (Å²) in [7, 11) is 0. The maximum Gasteiger partial charge on any atom is 0.241 e. The van der Waals surface area contributed by atoms with Crippen molar-refractivity contribution in [1.29, 1.82) is 0 Å². The highest BCUT2D eigenvalue weighted by molar-refractivity contribution is 7.09. The molecule has 162 valence electrons. The Balaban J connectivity index is 1.27. The van der Waals surface area contributed by atoms with Crippen molar-refractivity contribution >= 4 is 17.2 Å². The van der Waals surface area contributed by atoms with E-state index in [4.69, 9.17) is 4.84 Å². The van der Waals surface area contributed by atoms with Crippen LogP contribution in [0.1, 0.15) is 35.3 Å². The third kappa shape index (κ3) is 6.15. The van der Waals surface area contributed by atoms with Gasteiger partial charge in [-0.25, -0.2) is 4.39 Å². The maximum atomic E-state index is 13.1. The van der Waals surface area contributed by atoms with Gasteiger partial charge in [0.05, 0.1) is 0 Å². The number of amides is 1. The predicted octanol–water partition coefficient (Wildman–Crippen LogP) is 5.14. The van der Waals surface area contributed by atoms with Gasteiger partial charge in [0.2, 0.25) is 5.91 Å². The number of rotatable bonds is 9. The molecule has 1 aliphatic rings. The van der Waals surface area contributed by atoms with Gasteiger partial charge in [-0.05, 0) is 78.9 Å². The van der Waals surface area contributed by atoms with Gasteiger partial charge in [0.15, 0.2) is 0 Å². The highest BCUT2D eigenvalue weighted by Gasteiger charge is 2.32. The summed E-state index contributed by atoms with van der Waals surface area (Å²) in [6.45, 7) is 1.17. The van der Waals surface area contributed by atoms with Crippen LogP contribution in [-0.2, 0) is 24.2 Å². The van der Waals surface area contributed by atoms with Crippen LogP contribution in [0.15, 0.2) is 66.0 Å². The van der Waals surface area contributed by atoms with Crippen LogP contribution in [0.3, 0.4) is 0 Å². The standard InChI is InChI=1S/C25H27FN2O2S/c26-21-11-13-22(14-12-21)30-28-15-3-10-24(28)25(29)27-18-20-7-1-5-19(17-20)6-2-8-23-9-4-16-31-23/h1,4-5,7,9,11-14,16-17,24H,2-3,6,8,10,15,18H2,(H,27,29)/t24-/m0/s1. The van der Waals surface area contributed by atoms with Gasteiger partial charge >= 0.3 is 0 Å². The lowest BCUT2D eigenvalue weighted by atomic mass is 10.0. The topological polar surface area (TPSA) is 41.6 Å². The van der Waals surface area contributed by atoms with Crippen LogP contribution in [0.5, 0.6) is 5.75 Å². The average Bonchev–Trinajstić information content (AvgIpc) is 3.46. The van der Waals surface area contributed by atoms with Crippen molar-refractivity contribution in [3.63, 3.8) is 0 Å². The molecule has 4 nitrogen and oxygen atoms in total. The van der Waals surface area contributed by atoms with E-state index < -0.39 is 0 Å². The third-order valence-electron chi connectivity index (χ3n) is 5.47. The Hall–Kier alpha value is -2.70. The molecule has 1 aliphatic heterocycles. The molecule has 0 aliphatic carbocycles. The lowest BCUT2D eigenvalue weighted by Gasteiger charge is -2.23. The average molecular weight is 439 g/mol. The van der Waals surface area contributed by atoms with E-state index in [1.165, 1.54) is 22.6 Å². The van der Waals surface area contributed by atoms with Crippen LogP contribution in [0.25, 0.3) is 0 Å². The number of carbonyl (C=O) groups is 1. The van der Waals surface area contributed by atoms with E-state index in [2.05, 4.69) is 41.0 Å². The number of nitrogens with one attached hydrogen (secondary N) is 1. The summed E-state index contributed by atoms with van der Waals surface area (Å²) in [5, 5.41) is 6.87. The van der Waals surface area contributed by atoms with E-state index in [1.807, 2.05) is 17.4 Å². The molecule has 0 saturated carbocycles. The van der Waals surface area contributed by atoms with Crippen molar-refractivity contribution < 1.29 is 14.0 Å². The summed E-state index contributed by atoms with van der Waals surface area (Å²) in [5.74, 6) is 0.191. The first-order valence-electron chi connectivity index (χ1n) is 10.8. The zero-order chi connectivity index (χ0) is 21.5. The van der Waals surface area contributed by atoms with Crippen LogP contribution >= 0.6 is 11.3 Å². The molecule has 1 amide bonds. The molecule has 1 N–H and O–H groups in total. The molecular weight excluding hydrogens is 411 g/mol. The van der Waals surface area contributed by atoms with Crippen molar-refractivity contribution in [1.82, 2.24) is 10.4 Å². The first-order chi connectivity index (χ1) is 15.2. The van der Waals surface area contributed by atoms with Crippen LogP contribution in [-0.4, -0.2) is 23.6 Å². The van der Waals surface area contributed by atoms with Crippen molar-refractivity contribution in [2.45, 2.75) is 44.7 Å². The predicted molar refractivity (Wildman–Crippen MR) is 121 cm³/mol. The van der Waals surface area contributed by atoms with Crippen LogP contribution in [0.2, 0.25) is 0 Å². The van der Waals surface area contributed by atoms with Crippen LogP contribution in [0.4, 0.5) is 4.39 Å². The van der Waals surface area contributed by atoms with Crippen LogP contribution in [0, 0.1) is 5.82 Å². The molecule has 1 aromatic heterocycles. The lowest BCUT2D eigenvalue weighted by molar-refractivity contribution is -0.138. The molecule has 2 heterocycles. The Labute approximate surface area is 186 Å². The van der Waals surface area contributed by atoms with Gasteiger partial charge < -0.3 is 10.2 Å². The number of nitrogens with zero attached hydrogens (tertiary/aromatic N) is 1. The largest absolute Gasteiger partial charge is 0.405 e. The first-order valence-corrected chi connectivity index (χ1v) is 11.6. The normalized spacial score (nSPS) is 16.4. The number of halogens is 1. The second kappa shape index (κ2) is 10.6. The molecule has 0 spiro atoms. The third-order valence-corrected chi connectivity index (χ3v) is 6.41. The summed E-state index contributed by atoms with van der Waals surface area (Å²) >= 11 is 1.81. The molecule has 4 rings (SSSR count). The summed E-state index contributed by atoms with van der Waals surface area (Å²) in [5.41, 5.74) is 2.40. The molecule has 1 atom stereocenters. The fourth-order valence-electron chi connectivity index (χ4n) is 3.87. The van der Waals surface area contributed by atoms with Crippen molar-refractivity contribution in [3.8, 4) is 5.75 Å². The van der Waals surface area contributed by atoms with E-state index in [0.717, 1.165) is 37.7 Å². The molecule has 0 bridgehead atoms. The van der Waals surface area contributed by atoms with E-state index >= 15 is 0 Å². The molecule has 1 fully saturated rings. The van der Waals surface area contributed by atoms with Gasteiger partial charge in [0.1, 0.15) is 17.6 Å². The quantitative estimate of drug-likeness (QED) is 0.503. The second-order valence-electron chi connectivity index (χ2n) is 7.81. The van der Waals surface area contributed by atoms with Gasteiger partial charge in [0, 0.05) is 18.0 Å². The SMILES string of the molecule is O=C(NCc1cccc(CCCc2cccs2)c1)[C@@H]1CCCN1Oc1ccc(F)cc1. The van der Waals surface area contributed by atoms with E-state index in [0.29, 0.717) is 18.8 Å². The molecule has 0 radical (unpaired) electrons. The number of carbonyl (C=O) groups excluding carboxylic acids is 1. The molecule has 31 heavy (non-hydrogen) atoms. The number of aryl methyl sites for hydroxylation is 2. The molecular formula is C25H27FN2O2S. The monoisotopic (exact) mass is 438 g/mol. The smallest absolute Gasteiger partial charge is 0.241 e. The van der Waals surface area contributed by atoms with Crippen molar-refractivity contribution in [3.05, 3.63) is 87.9 Å². The minimum atomic E-state index is -0.334. The van der Waals surface area contributed by atoms with Gasteiger partial charge in [0.25, 0.3) is 0 Å².